The predicted octanol–water partition coefficient (Wildman–Crippen LogP) is 7.64. The van der Waals surface area contributed by atoms with E-state index in [4.69, 9.17) is 29.4 Å². The first-order valence-electron chi connectivity index (χ1n) is 23.0. The quantitative estimate of drug-likeness (QED) is 0.214. The molecule has 0 N–H and O–H groups in total. The number of hydrogen-bond donors (Lipinski definition) is 0. The van der Waals surface area contributed by atoms with E-state index in [1.807, 2.05) is 0 Å². The van der Waals surface area contributed by atoms with Gasteiger partial charge in [-0.05, 0) is 81.5 Å². The Balaban J connectivity index is 0.000000200. The molecule has 0 radical (unpaired) electrons. The van der Waals surface area contributed by atoms with Gasteiger partial charge >= 0.3 is 0 Å². The molecule has 0 spiro atoms. The number of rotatable bonds is 3. The van der Waals surface area contributed by atoms with E-state index < -0.39 is 119 Å². The number of likely N-dealkylation sites (N-methyl/N-ethyl adjacent to an activating group) is 1. The monoisotopic (exact) mass is 644 g/mol. The molecule has 238 valence electrons. The van der Waals surface area contributed by atoms with Gasteiger partial charge < -0.3 is 4.74 Å². The van der Waals surface area contributed by atoms with Crippen molar-refractivity contribution >= 4 is 29.2 Å². The summed E-state index contributed by atoms with van der Waals surface area (Å²) in [7, 11) is 2.37. The third-order valence-corrected chi connectivity index (χ3v) is 6.76. The zero-order chi connectivity index (χ0) is 49.5. The van der Waals surface area contributed by atoms with Crippen molar-refractivity contribution < 1.29 is 48.6 Å². The number of likely N-dealkylation sites (tertiary alicyclic amines) is 1. The van der Waals surface area contributed by atoms with Gasteiger partial charge in [0, 0.05) is 21.0 Å². The van der Waals surface area contributed by atoms with E-state index in [1.165, 1.54) is 27.9 Å². The van der Waals surface area contributed by atoms with Gasteiger partial charge in [0.25, 0.3) is 17.7 Å². The van der Waals surface area contributed by atoms with E-state index in [0.29, 0.717) is 16.0 Å². The molecule has 4 amide bonds. The fourth-order valence-electron chi connectivity index (χ4n) is 4.18. The minimum absolute atomic E-state index is 0.0634. The van der Waals surface area contributed by atoms with E-state index in [-0.39, 0.29) is 70.6 Å². The van der Waals surface area contributed by atoms with Gasteiger partial charge in [-0.25, -0.2) is 0 Å². The van der Waals surface area contributed by atoms with Crippen LogP contribution in [0.3, 0.4) is 0 Å². The van der Waals surface area contributed by atoms with Gasteiger partial charge in [0.1, 0.15) is 11.5 Å². The highest BCUT2D eigenvalue weighted by molar-refractivity contribution is 6.21. The minimum Gasteiger partial charge on any atom is -0.457 e. The summed E-state index contributed by atoms with van der Waals surface area (Å²) in [6, 6.07) is -5.72. The molecule has 7 nitrogen and oxygen atoms in total. The molecule has 4 aromatic rings. The minimum atomic E-state index is -1.60. The molecular formula is C40H38N2O5. The first kappa shape index (κ1) is 16.8. The Morgan fingerprint density at radius 1 is 0.617 bits per heavy atom. The van der Waals surface area contributed by atoms with Crippen molar-refractivity contribution in [1.82, 2.24) is 9.80 Å². The van der Waals surface area contributed by atoms with Crippen LogP contribution in [0.1, 0.15) is 79.6 Å². The standard InChI is InChI=1S/C18H14N2O4.C14H14O.C8H10/c1-19-15(21)11-5-3-9(7-13(11)17(19)23)10-4-6-12-14(8-10)18(24)20(2)16(12)22;1-11-3-7-13(8-4-11)15-14-9-5-12(2)6-10-14;1-7-3-5-8(2)6-4-7/h3-7,14H,8H2,1-2H3;3-10H,1-2H3;3-6H,1-2H3/i3D,4D,5D,6D,7D,8D;3D,4D,5D,6D,7D,8D,9D,10D;3D,4D,5D,6D. The second-order valence-corrected chi connectivity index (χ2v) is 10.4. The smallest absolute Gasteiger partial charge is 0.261 e. The highest BCUT2D eigenvalue weighted by Crippen LogP contribution is 2.38. The van der Waals surface area contributed by atoms with Crippen LogP contribution in [0, 0.1) is 33.6 Å². The number of amides is 4. The topological polar surface area (TPSA) is 84.0 Å². The van der Waals surface area contributed by atoms with Crippen LogP contribution in [0.15, 0.2) is 108 Å². The van der Waals surface area contributed by atoms with Crippen molar-refractivity contribution in [3.8, 4) is 11.5 Å². The van der Waals surface area contributed by atoms with Crippen molar-refractivity contribution in [3.05, 3.63) is 147 Å². The number of carbonyl (C=O) groups is 4. The molecule has 2 heterocycles. The largest absolute Gasteiger partial charge is 0.457 e. The van der Waals surface area contributed by atoms with E-state index in [9.17, 15) is 19.2 Å². The number of hydrogen-bond acceptors (Lipinski definition) is 5. The number of benzene rings is 4. The van der Waals surface area contributed by atoms with Crippen LogP contribution in [0.4, 0.5) is 0 Å². The van der Waals surface area contributed by atoms with Gasteiger partial charge in [0.2, 0.25) is 5.91 Å². The molecule has 0 aromatic heterocycles. The van der Waals surface area contributed by atoms with Crippen LogP contribution in [0.25, 0.3) is 5.57 Å². The molecule has 7 rings (SSSR count). The maximum Gasteiger partial charge on any atom is 0.261 e. The summed E-state index contributed by atoms with van der Waals surface area (Å²) in [5, 5.41) is 0. The Kier molecular flexibility index (Phi) is 4.96. The molecule has 7 heteroatoms. The van der Waals surface area contributed by atoms with Crippen molar-refractivity contribution in [3.63, 3.8) is 0 Å². The second-order valence-electron chi connectivity index (χ2n) is 10.4. The fourth-order valence-corrected chi connectivity index (χ4v) is 4.18. The zero-order valence-corrected chi connectivity index (χ0v) is 26.1. The maximum atomic E-state index is 12.5. The fraction of sp³-hybridized carbons (Fsp3) is 0.200. The Morgan fingerprint density at radius 3 is 1.60 bits per heavy atom. The third kappa shape index (κ3) is 7.31. The van der Waals surface area contributed by atoms with E-state index in [1.54, 1.807) is 13.8 Å². The first-order chi connectivity index (χ1) is 30.0. The van der Waals surface area contributed by atoms with Crippen LogP contribution in [-0.4, -0.2) is 47.5 Å². The molecule has 47 heavy (non-hydrogen) atoms. The molecule has 2 aliphatic heterocycles. The first-order valence-corrected chi connectivity index (χ1v) is 14.0. The summed E-state index contributed by atoms with van der Waals surface area (Å²) in [6.45, 7) is 6.10. The van der Waals surface area contributed by atoms with Gasteiger partial charge in [-0.2, -0.15) is 0 Å². The van der Waals surface area contributed by atoms with Crippen LogP contribution in [0.5, 0.6) is 11.5 Å². The Labute approximate surface area is 301 Å². The summed E-state index contributed by atoms with van der Waals surface area (Å²) in [5.74, 6) is -5.45. The van der Waals surface area contributed by atoms with Crippen molar-refractivity contribution in [2.24, 2.45) is 5.92 Å². The molecule has 0 bridgehead atoms. The Morgan fingerprint density at radius 2 is 1.09 bits per heavy atom. The number of ether oxygens (including phenoxy) is 1. The average molecular weight is 645 g/mol. The van der Waals surface area contributed by atoms with Crippen LogP contribution >= 0.6 is 0 Å². The zero-order valence-electron chi connectivity index (χ0n) is 44.1. The number of allylic oxidation sites excluding steroid dienone is 3. The van der Waals surface area contributed by atoms with Gasteiger partial charge in [0.05, 0.1) is 40.3 Å². The number of imide groups is 2. The lowest BCUT2D eigenvalue weighted by atomic mass is 9.85. The van der Waals surface area contributed by atoms with E-state index in [2.05, 4.69) is 0 Å². The normalized spacial score (nSPS) is 23.7. The molecule has 0 saturated carbocycles. The molecule has 2 unspecified atom stereocenters. The van der Waals surface area contributed by atoms with Crippen LogP contribution < -0.4 is 4.74 Å². The number of nitrogens with zero attached hydrogens (tertiary/aromatic N) is 2. The van der Waals surface area contributed by atoms with Gasteiger partial charge in [-0.1, -0.05) is 88.7 Å². The molecule has 1 fully saturated rings. The maximum absolute atomic E-state index is 12.5. The third-order valence-electron chi connectivity index (χ3n) is 6.76. The average Bonchev–Trinajstić information content (AvgIpc) is 3.65. The summed E-state index contributed by atoms with van der Waals surface area (Å²) in [4.78, 5) is 51.0. The van der Waals surface area contributed by atoms with E-state index in [0.717, 1.165) is 4.90 Å². The van der Waals surface area contributed by atoms with Gasteiger partial charge in [-0.15, -0.1) is 0 Å². The van der Waals surface area contributed by atoms with Crippen molar-refractivity contribution in [1.29, 1.82) is 0 Å². The van der Waals surface area contributed by atoms with Crippen LogP contribution in [0.2, 0.25) is 0 Å². The Hall–Kier alpha value is -5.56. The molecule has 4 aromatic carbocycles. The van der Waals surface area contributed by atoms with Crippen molar-refractivity contribution in [2.45, 2.75) is 34.1 Å². The summed E-state index contributed by atoms with van der Waals surface area (Å²) < 4.78 is 148. The Bertz CT molecular complexity index is 2680. The van der Waals surface area contributed by atoms with Crippen LogP contribution in [-0.2, 0) is 9.59 Å². The van der Waals surface area contributed by atoms with Crippen molar-refractivity contribution in [2.75, 3.05) is 14.1 Å². The lowest BCUT2D eigenvalue weighted by Gasteiger charge is -2.16. The number of carbonyl (C=O) groups excluding carboxylic acids is 4. The molecule has 3 aliphatic rings. The predicted molar refractivity (Wildman–Crippen MR) is 183 cm³/mol. The van der Waals surface area contributed by atoms with E-state index >= 15 is 0 Å². The summed E-state index contributed by atoms with van der Waals surface area (Å²) in [6.07, 6.45) is -1.60. The summed E-state index contributed by atoms with van der Waals surface area (Å²) in [5.41, 5.74) is -0.770. The van der Waals surface area contributed by atoms with Gasteiger partial charge in [0.15, 0.2) is 0 Å². The highest BCUT2D eigenvalue weighted by Gasteiger charge is 2.42. The van der Waals surface area contributed by atoms with Gasteiger partial charge in [-0.3, -0.25) is 29.0 Å². The highest BCUT2D eigenvalue weighted by atomic mass is 16.5. The molecule has 2 atom stereocenters. The summed E-state index contributed by atoms with van der Waals surface area (Å²) >= 11 is 0. The molecular weight excluding hydrogens is 588 g/mol. The second kappa shape index (κ2) is 13.8. The number of fused-ring (bicyclic) bond motifs is 2. The molecule has 1 aliphatic carbocycles. The SMILES string of the molecule is [2H]C1=C(c2c([2H])c([2H])c3c(c2[2H])C(=O)N(C)C3=O)C([2H])C2C(=O)N(C)C(=O)C2=C1[2H].[2H]c1c([2H])c(C)c([2H])c([2H])c1C.[2H]c1c([2H])c(Oc2c([2H])c([2H])c(C)c([2H])c2[2H])c([2H])c([2H])c1C. The lowest BCUT2D eigenvalue weighted by molar-refractivity contribution is -0.137. The molecule has 1 saturated heterocycles. The lowest BCUT2D eigenvalue weighted by Crippen LogP contribution is -2.25.